The maximum Gasteiger partial charge on any atom is 0.155 e. The number of aromatic nitrogens is 1. The summed E-state index contributed by atoms with van der Waals surface area (Å²) >= 11 is 0. The first-order chi connectivity index (χ1) is 17.3. The summed E-state index contributed by atoms with van der Waals surface area (Å²) in [6, 6.07) is 34.0. The summed E-state index contributed by atoms with van der Waals surface area (Å²) in [7, 11) is -1.82. The first kappa shape index (κ1) is 26.7. The van der Waals surface area contributed by atoms with Gasteiger partial charge >= 0.3 is 0 Å². The second-order valence-electron chi connectivity index (χ2n) is 9.75. The first-order valence-electron chi connectivity index (χ1n) is 12.1. The summed E-state index contributed by atoms with van der Waals surface area (Å²) < 4.78 is 0. The van der Waals surface area contributed by atoms with Crippen molar-refractivity contribution in [2.24, 2.45) is 0 Å². The molecule has 0 aliphatic carbocycles. The summed E-state index contributed by atoms with van der Waals surface area (Å²) in [5.41, 5.74) is 5.90. The van der Waals surface area contributed by atoms with Gasteiger partial charge in [-0.15, -0.1) is 29.7 Å². The number of rotatable bonds is 2. The third-order valence-corrected chi connectivity index (χ3v) is 10.3. The van der Waals surface area contributed by atoms with E-state index in [1.807, 2.05) is 0 Å². The summed E-state index contributed by atoms with van der Waals surface area (Å²) in [4.78, 5) is 15.2. The molecule has 0 atom stereocenters. The van der Waals surface area contributed by atoms with Crippen molar-refractivity contribution in [3.63, 3.8) is 0 Å². The van der Waals surface area contributed by atoms with Crippen LogP contribution in [0, 0.1) is 6.07 Å². The molecule has 2 heterocycles. The van der Waals surface area contributed by atoms with Gasteiger partial charge in [0, 0.05) is 31.9 Å². The molecule has 3 nitrogen and oxygen atoms in total. The van der Waals surface area contributed by atoms with E-state index >= 15 is 0 Å². The number of hydrogen-bond acceptors (Lipinski definition) is 3. The van der Waals surface area contributed by atoms with Crippen molar-refractivity contribution in [1.82, 2.24) is 4.98 Å². The number of nitrogens with zero attached hydrogens (tertiary/aromatic N) is 1. The Hall–Kier alpha value is -3.37. The average molecular weight is 679 g/mol. The van der Waals surface area contributed by atoms with Gasteiger partial charge in [-0.25, -0.2) is 0 Å². The van der Waals surface area contributed by atoms with Crippen molar-refractivity contribution in [2.75, 3.05) is 0 Å². The van der Waals surface area contributed by atoms with Gasteiger partial charge in [-0.3, -0.25) is 9.78 Å². The largest absolute Gasteiger partial charge is 0.512 e. The number of allylic oxidation sites excluding steroid dienone is 2. The predicted molar refractivity (Wildman–Crippen MR) is 153 cm³/mol. The van der Waals surface area contributed by atoms with Gasteiger partial charge in [0.25, 0.3) is 0 Å². The normalized spacial score (nSPS) is 13.2. The topological polar surface area (TPSA) is 50.2 Å². The Balaban J connectivity index is 0.000000356. The number of hydrogen-bond donors (Lipinski definition) is 1. The van der Waals surface area contributed by atoms with Crippen LogP contribution < -0.4 is 10.4 Å². The Bertz CT molecular complexity index is 1670. The third kappa shape index (κ3) is 4.95. The molecule has 0 spiro atoms. The molecule has 0 unspecified atom stereocenters. The molecule has 0 amide bonds. The number of benzene rings is 4. The number of aliphatic hydroxyl groups is 1. The molecule has 5 heteroatoms. The van der Waals surface area contributed by atoms with Crippen molar-refractivity contribution in [1.29, 1.82) is 0 Å². The molecule has 4 aromatic carbocycles. The molecule has 187 valence electrons. The Kier molecular flexibility index (Phi) is 7.61. The average Bonchev–Trinajstić information content (AvgIpc) is 3.10. The van der Waals surface area contributed by atoms with Gasteiger partial charge in [-0.1, -0.05) is 84.7 Å². The monoisotopic (exact) mass is 679 g/mol. The summed E-state index contributed by atoms with van der Waals surface area (Å²) in [5.74, 6) is -0.0625. The van der Waals surface area contributed by atoms with E-state index < -0.39 is 8.07 Å². The molecule has 1 radical (unpaired) electrons. The molecule has 1 aliphatic heterocycles. The van der Waals surface area contributed by atoms with E-state index in [1.54, 1.807) is 0 Å². The van der Waals surface area contributed by atoms with Gasteiger partial charge in [-0.2, -0.15) is 0 Å². The molecule has 0 saturated heterocycles. The smallest absolute Gasteiger partial charge is 0.155 e. The maximum absolute atomic E-state index is 10.0. The summed E-state index contributed by atoms with van der Waals surface area (Å²) in [6.45, 7) is 7.79. The number of ketones is 1. The number of aliphatic hydroxyl groups excluding tert-OH is 1. The zero-order chi connectivity index (χ0) is 25.4. The fraction of sp³-hybridized carbons (Fsp3) is 0.125. The van der Waals surface area contributed by atoms with Crippen LogP contribution >= 0.6 is 0 Å². The van der Waals surface area contributed by atoms with Crippen molar-refractivity contribution >= 4 is 45.9 Å². The standard InChI is InChI=1S/C27H20NSi.C5H8O2.Ir/c1-29(2)24-14-8-6-12-22(24)25-26(28-23-13-7-5-11-21(23)27(25)29)20-16-15-18-9-3-4-10-19(18)17-20;1-4(6)3-5(2)7;/h3-16H,1-2H3;3,6H,1-2H3;/q-1;;/b;4-3-;. The SMILES string of the molecule is CC(=O)/C=C(/C)O.C[Si]1(C)c2ccccc2-c2c(-c3[c-]c4ccccc4cc3)nc3ccccc3c21.[Ir]. The van der Waals surface area contributed by atoms with Crippen LogP contribution in [0.15, 0.2) is 96.8 Å². The van der Waals surface area contributed by atoms with Gasteiger partial charge in [-0.05, 0) is 46.8 Å². The Labute approximate surface area is 232 Å². The van der Waals surface area contributed by atoms with Crippen LogP contribution in [-0.4, -0.2) is 23.9 Å². The molecular weight excluding hydrogens is 651 g/mol. The van der Waals surface area contributed by atoms with E-state index in [0.717, 1.165) is 22.2 Å². The first-order valence-corrected chi connectivity index (χ1v) is 15.1. The number of carbonyl (C=O) groups is 1. The van der Waals surface area contributed by atoms with Crippen LogP contribution in [-0.2, 0) is 24.9 Å². The number of fused-ring (bicyclic) bond motifs is 6. The Morgan fingerprint density at radius 1 is 0.892 bits per heavy atom. The molecule has 0 bridgehead atoms. The molecule has 1 N–H and O–H groups in total. The van der Waals surface area contributed by atoms with Crippen LogP contribution in [0.1, 0.15) is 13.8 Å². The second kappa shape index (κ2) is 10.5. The minimum absolute atomic E-state index is 0. The van der Waals surface area contributed by atoms with Crippen LogP contribution in [0.2, 0.25) is 13.1 Å². The van der Waals surface area contributed by atoms with Crippen molar-refractivity contribution in [3.8, 4) is 22.4 Å². The fourth-order valence-corrected chi connectivity index (χ4v) is 8.67. The van der Waals surface area contributed by atoms with Crippen molar-refractivity contribution in [3.05, 3.63) is 103 Å². The van der Waals surface area contributed by atoms with E-state index in [9.17, 15) is 4.79 Å². The van der Waals surface area contributed by atoms with E-state index in [1.165, 1.54) is 52.2 Å². The zero-order valence-electron chi connectivity index (χ0n) is 21.3. The molecule has 1 aliphatic rings. The summed E-state index contributed by atoms with van der Waals surface area (Å²) in [6.07, 6.45) is 1.17. The summed E-state index contributed by atoms with van der Waals surface area (Å²) in [5, 5.41) is 15.0. The van der Waals surface area contributed by atoms with Crippen molar-refractivity contribution in [2.45, 2.75) is 26.9 Å². The number of carbonyl (C=O) groups excluding carboxylic acids is 1. The molecule has 0 fully saturated rings. The van der Waals surface area contributed by atoms with Gasteiger partial charge in [0.1, 0.15) is 8.07 Å². The van der Waals surface area contributed by atoms with Crippen LogP contribution in [0.25, 0.3) is 44.1 Å². The van der Waals surface area contributed by atoms with Crippen LogP contribution in [0.4, 0.5) is 0 Å². The quantitative estimate of drug-likeness (QED) is 0.0980. The van der Waals surface area contributed by atoms with Crippen LogP contribution in [0.3, 0.4) is 0 Å². The van der Waals surface area contributed by atoms with Gasteiger partial charge in [0.2, 0.25) is 0 Å². The van der Waals surface area contributed by atoms with E-state index in [4.69, 9.17) is 10.1 Å². The Morgan fingerprint density at radius 3 is 2.30 bits per heavy atom. The number of pyridine rings is 1. The molecule has 5 aromatic rings. The van der Waals surface area contributed by atoms with Gasteiger partial charge in [0.05, 0.1) is 11.3 Å². The van der Waals surface area contributed by atoms with E-state index in [0.29, 0.717) is 0 Å². The van der Waals surface area contributed by atoms with Gasteiger partial charge in [0.15, 0.2) is 5.78 Å². The molecule has 0 saturated carbocycles. The molecule has 6 rings (SSSR count). The van der Waals surface area contributed by atoms with Crippen molar-refractivity contribution < 1.29 is 30.0 Å². The van der Waals surface area contributed by atoms with E-state index in [-0.39, 0.29) is 31.6 Å². The third-order valence-electron chi connectivity index (χ3n) is 6.71. The number of para-hydroxylation sites is 1. The Morgan fingerprint density at radius 2 is 1.57 bits per heavy atom. The van der Waals surface area contributed by atoms with E-state index in [2.05, 4.69) is 104 Å². The zero-order valence-corrected chi connectivity index (χ0v) is 24.7. The molecular formula is C32H28IrNO2Si-. The van der Waals surface area contributed by atoms with Gasteiger partial charge < -0.3 is 5.11 Å². The fourth-order valence-electron chi connectivity index (χ4n) is 5.25. The second-order valence-corrected chi connectivity index (χ2v) is 14.0. The molecule has 1 aromatic heterocycles. The predicted octanol–water partition coefficient (Wildman–Crippen LogP) is 6.69. The minimum Gasteiger partial charge on any atom is -0.512 e. The van der Waals surface area contributed by atoms with Crippen LogP contribution in [0.5, 0.6) is 0 Å². The maximum atomic E-state index is 10.0. The minimum atomic E-state index is -1.82. The molecule has 37 heavy (non-hydrogen) atoms.